The summed E-state index contributed by atoms with van der Waals surface area (Å²) < 4.78 is 2.63. The van der Waals surface area contributed by atoms with E-state index in [-0.39, 0.29) is 5.91 Å². The summed E-state index contributed by atoms with van der Waals surface area (Å²) >= 11 is 2.81. The summed E-state index contributed by atoms with van der Waals surface area (Å²) in [6.07, 6.45) is 3.65. The Balaban J connectivity index is 1.56. The van der Waals surface area contributed by atoms with Gasteiger partial charge in [0.1, 0.15) is 5.51 Å². The molecule has 0 bridgehead atoms. The van der Waals surface area contributed by atoms with Crippen molar-refractivity contribution in [2.45, 2.75) is 10.9 Å². The zero-order valence-corrected chi connectivity index (χ0v) is 13.2. The average Bonchev–Trinajstić information content (AvgIpc) is 3.19. The second-order valence-electron chi connectivity index (χ2n) is 4.45. The zero-order chi connectivity index (χ0) is 15.2. The first-order valence-corrected chi connectivity index (χ1v) is 8.41. The van der Waals surface area contributed by atoms with Crippen molar-refractivity contribution in [1.82, 2.24) is 20.0 Å². The summed E-state index contributed by atoms with van der Waals surface area (Å²) in [5, 5.41) is 14.7. The highest BCUT2D eigenvalue weighted by Gasteiger charge is 2.06. The van der Waals surface area contributed by atoms with E-state index in [9.17, 15) is 4.79 Å². The number of rotatable bonds is 6. The molecule has 0 aliphatic heterocycles. The van der Waals surface area contributed by atoms with Crippen LogP contribution in [-0.4, -0.2) is 31.6 Å². The Kier molecular flexibility index (Phi) is 4.81. The molecule has 3 aromatic rings. The Morgan fingerprint density at radius 2 is 2.32 bits per heavy atom. The van der Waals surface area contributed by atoms with Crippen molar-refractivity contribution in [3.05, 3.63) is 53.8 Å². The molecule has 0 unspecified atom stereocenters. The highest BCUT2D eigenvalue weighted by atomic mass is 32.2. The molecule has 2 heterocycles. The number of hydrogen-bond acceptors (Lipinski definition) is 6. The minimum absolute atomic E-state index is 0.0589. The summed E-state index contributed by atoms with van der Waals surface area (Å²) in [6.45, 7) is 0.677. The van der Waals surface area contributed by atoms with Gasteiger partial charge in [-0.1, -0.05) is 35.2 Å². The minimum Gasteiger partial charge on any atom is -0.325 e. The molecule has 0 aliphatic rings. The molecule has 2 aromatic heterocycles. The number of nitrogens with one attached hydrogen (secondary N) is 1. The van der Waals surface area contributed by atoms with Crippen LogP contribution in [0.4, 0.5) is 5.69 Å². The van der Waals surface area contributed by atoms with Gasteiger partial charge in [-0.25, -0.2) is 0 Å². The Labute approximate surface area is 135 Å². The van der Waals surface area contributed by atoms with Gasteiger partial charge < -0.3 is 5.32 Å². The smallest absolute Gasteiger partial charge is 0.234 e. The van der Waals surface area contributed by atoms with Crippen molar-refractivity contribution in [1.29, 1.82) is 0 Å². The maximum Gasteiger partial charge on any atom is 0.234 e. The Bertz CT molecular complexity index is 728. The van der Waals surface area contributed by atoms with Gasteiger partial charge in [-0.2, -0.15) is 5.10 Å². The third-order valence-corrected chi connectivity index (χ3v) is 4.64. The van der Waals surface area contributed by atoms with Gasteiger partial charge >= 0.3 is 0 Å². The fourth-order valence-electron chi connectivity index (χ4n) is 1.88. The summed E-state index contributed by atoms with van der Waals surface area (Å²) in [5.41, 5.74) is 3.52. The van der Waals surface area contributed by atoms with Crippen molar-refractivity contribution in [2.75, 3.05) is 11.1 Å². The molecule has 0 spiro atoms. The monoisotopic (exact) mass is 331 g/mol. The number of carbonyl (C=O) groups is 1. The average molecular weight is 331 g/mol. The van der Waals surface area contributed by atoms with Gasteiger partial charge in [0.25, 0.3) is 0 Å². The molecule has 0 atom stereocenters. The first-order valence-electron chi connectivity index (χ1n) is 6.55. The van der Waals surface area contributed by atoms with Crippen LogP contribution in [0.15, 0.2) is 52.6 Å². The van der Waals surface area contributed by atoms with Gasteiger partial charge in [-0.15, -0.1) is 10.2 Å². The summed E-state index contributed by atoms with van der Waals surface area (Å²) in [6, 6.07) is 9.64. The van der Waals surface area contributed by atoms with E-state index < -0.39 is 0 Å². The maximum atomic E-state index is 11.9. The summed E-state index contributed by atoms with van der Waals surface area (Å²) in [5.74, 6) is 0.259. The second kappa shape index (κ2) is 7.19. The van der Waals surface area contributed by atoms with Crippen LogP contribution >= 0.6 is 23.1 Å². The molecule has 0 saturated carbocycles. The number of carbonyl (C=O) groups excluding carboxylic acids is 1. The van der Waals surface area contributed by atoms with E-state index >= 15 is 0 Å². The van der Waals surface area contributed by atoms with Crippen LogP contribution in [0.1, 0.15) is 5.56 Å². The lowest BCUT2D eigenvalue weighted by Crippen LogP contribution is -2.14. The second-order valence-corrected chi connectivity index (χ2v) is 6.50. The van der Waals surface area contributed by atoms with Crippen LogP contribution in [0.5, 0.6) is 0 Å². The van der Waals surface area contributed by atoms with E-state index in [1.165, 1.54) is 23.1 Å². The molecule has 0 saturated heterocycles. The lowest BCUT2D eigenvalue weighted by molar-refractivity contribution is -0.113. The van der Waals surface area contributed by atoms with E-state index in [2.05, 4.69) is 20.6 Å². The molecule has 22 heavy (non-hydrogen) atoms. The van der Waals surface area contributed by atoms with E-state index in [1.54, 1.807) is 11.7 Å². The molecule has 112 valence electrons. The lowest BCUT2D eigenvalue weighted by Gasteiger charge is -2.07. The molecule has 1 N–H and O–H groups in total. The molecule has 0 aliphatic carbocycles. The van der Waals surface area contributed by atoms with Crippen molar-refractivity contribution in [2.24, 2.45) is 0 Å². The first kappa shape index (κ1) is 14.7. The third-order valence-electron chi connectivity index (χ3n) is 2.78. The van der Waals surface area contributed by atoms with Gasteiger partial charge in [-0.05, 0) is 23.8 Å². The first-order chi connectivity index (χ1) is 10.8. The number of amides is 1. The number of anilines is 1. The van der Waals surface area contributed by atoms with Crippen LogP contribution in [-0.2, 0) is 11.3 Å². The van der Waals surface area contributed by atoms with Gasteiger partial charge in [-0.3, -0.25) is 9.48 Å². The van der Waals surface area contributed by atoms with Gasteiger partial charge in [0.15, 0.2) is 4.34 Å². The molecule has 1 aromatic carbocycles. The number of hydrogen-bond donors (Lipinski definition) is 1. The molecule has 0 radical (unpaired) electrons. The fourth-order valence-corrected chi connectivity index (χ4v) is 3.17. The van der Waals surface area contributed by atoms with E-state index in [4.69, 9.17) is 0 Å². The molecule has 8 heteroatoms. The van der Waals surface area contributed by atoms with Gasteiger partial charge in [0, 0.05) is 18.1 Å². The van der Waals surface area contributed by atoms with E-state index in [1.807, 2.05) is 41.2 Å². The predicted molar refractivity (Wildman–Crippen MR) is 87.0 cm³/mol. The van der Waals surface area contributed by atoms with Crippen LogP contribution in [0, 0.1) is 0 Å². The standard InChI is InChI=1S/C14H13N5OS2/c20-13(9-21-14-18-15-10-22-14)17-12-4-1-3-11(7-12)8-19-6-2-5-16-19/h1-7,10H,8-9H2,(H,17,20). The van der Waals surface area contributed by atoms with Crippen LogP contribution < -0.4 is 5.32 Å². The molecular formula is C14H13N5OS2. The van der Waals surface area contributed by atoms with Gasteiger partial charge in [0.05, 0.1) is 12.3 Å². The highest BCUT2D eigenvalue weighted by molar-refractivity contribution is 8.01. The van der Waals surface area contributed by atoms with Crippen molar-refractivity contribution < 1.29 is 4.79 Å². The molecule has 3 rings (SSSR count). The van der Waals surface area contributed by atoms with Crippen LogP contribution in [0.25, 0.3) is 0 Å². The minimum atomic E-state index is -0.0589. The molecule has 0 fully saturated rings. The number of thioether (sulfide) groups is 1. The Morgan fingerprint density at radius 1 is 1.36 bits per heavy atom. The normalized spacial score (nSPS) is 10.5. The Hall–Kier alpha value is -2.19. The van der Waals surface area contributed by atoms with Crippen LogP contribution in [0.3, 0.4) is 0 Å². The maximum absolute atomic E-state index is 11.9. The number of nitrogens with zero attached hydrogens (tertiary/aromatic N) is 4. The summed E-state index contributed by atoms with van der Waals surface area (Å²) in [4.78, 5) is 11.9. The van der Waals surface area contributed by atoms with Crippen molar-refractivity contribution in [3.63, 3.8) is 0 Å². The van der Waals surface area contributed by atoms with E-state index in [0.717, 1.165) is 15.6 Å². The number of aromatic nitrogens is 4. The molecule has 1 amide bonds. The Morgan fingerprint density at radius 3 is 3.09 bits per heavy atom. The fraction of sp³-hybridized carbons (Fsp3) is 0.143. The largest absolute Gasteiger partial charge is 0.325 e. The van der Waals surface area contributed by atoms with E-state index in [0.29, 0.717) is 12.3 Å². The summed E-state index contributed by atoms with van der Waals surface area (Å²) in [7, 11) is 0. The SMILES string of the molecule is O=C(CSc1nncs1)Nc1cccc(Cn2cccn2)c1. The lowest BCUT2D eigenvalue weighted by atomic mass is 10.2. The molecular weight excluding hydrogens is 318 g/mol. The van der Waals surface area contributed by atoms with Crippen molar-refractivity contribution >= 4 is 34.7 Å². The van der Waals surface area contributed by atoms with Crippen molar-refractivity contribution in [3.8, 4) is 0 Å². The number of benzene rings is 1. The zero-order valence-electron chi connectivity index (χ0n) is 11.5. The topological polar surface area (TPSA) is 72.7 Å². The van der Waals surface area contributed by atoms with Crippen LogP contribution in [0.2, 0.25) is 0 Å². The van der Waals surface area contributed by atoms with Gasteiger partial charge in [0.2, 0.25) is 5.91 Å². The quantitative estimate of drug-likeness (QED) is 0.703. The molecule has 6 nitrogen and oxygen atoms in total. The highest BCUT2D eigenvalue weighted by Crippen LogP contribution is 2.19. The predicted octanol–water partition coefficient (Wildman–Crippen LogP) is 2.51. The third kappa shape index (κ3) is 4.15.